The fourth-order valence-electron chi connectivity index (χ4n) is 3.00. The molecule has 0 spiro atoms. The molecule has 9 heteroatoms. The molecule has 0 amide bonds. The van der Waals surface area contributed by atoms with Crippen LogP contribution in [0.3, 0.4) is 0 Å². The van der Waals surface area contributed by atoms with Crippen LogP contribution in [0.4, 0.5) is 13.2 Å². The Morgan fingerprint density at radius 3 is 2.61 bits per heavy atom. The normalized spacial score (nSPS) is 12.2. The van der Waals surface area contributed by atoms with Crippen LogP contribution >= 0.6 is 0 Å². The smallest absolute Gasteiger partial charge is 0.422 e. The van der Waals surface area contributed by atoms with Crippen LogP contribution in [0.25, 0.3) is 5.65 Å². The Hall–Kier alpha value is -3.23. The van der Waals surface area contributed by atoms with Gasteiger partial charge < -0.3 is 19.8 Å². The molecule has 0 saturated carbocycles. The Balaban J connectivity index is 1.52. The number of alkyl halides is 3. The second-order valence-corrected chi connectivity index (χ2v) is 7.07. The lowest BCUT2D eigenvalue weighted by Crippen LogP contribution is -2.38. The van der Waals surface area contributed by atoms with Crippen LogP contribution in [0.2, 0.25) is 0 Å². The first kappa shape index (κ1) is 22.5. The Morgan fingerprint density at radius 1 is 1.16 bits per heavy atom. The van der Waals surface area contributed by atoms with Crippen LogP contribution in [0.1, 0.15) is 23.7 Å². The van der Waals surface area contributed by atoms with Crippen LogP contribution in [-0.4, -0.2) is 41.2 Å². The van der Waals surface area contributed by atoms with Crippen molar-refractivity contribution in [1.29, 1.82) is 0 Å². The van der Waals surface area contributed by atoms with E-state index in [2.05, 4.69) is 20.6 Å². The van der Waals surface area contributed by atoms with E-state index in [1.54, 1.807) is 12.1 Å². The van der Waals surface area contributed by atoms with Gasteiger partial charge in [0.2, 0.25) is 0 Å². The molecule has 0 fully saturated rings. The second-order valence-electron chi connectivity index (χ2n) is 7.07. The topological polar surface area (TPSA) is 63.0 Å². The van der Waals surface area contributed by atoms with E-state index in [1.165, 1.54) is 12.1 Å². The maximum atomic E-state index is 12.2. The van der Waals surface area contributed by atoms with Gasteiger partial charge in [-0.1, -0.05) is 18.2 Å². The number of pyridine rings is 1. The number of hydrogen-bond donors (Lipinski definition) is 2. The molecular formula is C22H26F3N5O. The minimum Gasteiger partial charge on any atom is -0.484 e. The van der Waals surface area contributed by atoms with Gasteiger partial charge in [0.05, 0.1) is 12.2 Å². The van der Waals surface area contributed by atoms with Crippen LogP contribution in [0.15, 0.2) is 53.8 Å². The first-order chi connectivity index (χ1) is 14.8. The molecule has 0 atom stereocenters. The van der Waals surface area contributed by atoms with Gasteiger partial charge in [-0.25, -0.2) is 9.98 Å². The zero-order chi connectivity index (χ0) is 22.3. The van der Waals surface area contributed by atoms with Crippen molar-refractivity contribution in [3.8, 4) is 5.75 Å². The largest absolute Gasteiger partial charge is 0.484 e. The fourth-order valence-corrected chi connectivity index (χ4v) is 3.00. The molecule has 2 N–H and O–H groups in total. The summed E-state index contributed by atoms with van der Waals surface area (Å²) in [5.41, 5.74) is 3.95. The Labute approximate surface area is 179 Å². The van der Waals surface area contributed by atoms with Gasteiger partial charge in [0, 0.05) is 31.9 Å². The number of halogens is 3. The minimum absolute atomic E-state index is 0.178. The summed E-state index contributed by atoms with van der Waals surface area (Å²) in [6, 6.07) is 10.5. The van der Waals surface area contributed by atoms with E-state index in [9.17, 15) is 13.2 Å². The van der Waals surface area contributed by atoms with Crippen molar-refractivity contribution < 1.29 is 17.9 Å². The molecule has 0 unspecified atom stereocenters. The average molecular weight is 433 g/mol. The predicted octanol–water partition coefficient (Wildman–Crippen LogP) is 3.88. The Morgan fingerprint density at radius 2 is 1.94 bits per heavy atom. The van der Waals surface area contributed by atoms with Gasteiger partial charge in [0.15, 0.2) is 12.6 Å². The molecule has 3 rings (SSSR count). The molecular weight excluding hydrogens is 407 g/mol. The lowest BCUT2D eigenvalue weighted by molar-refractivity contribution is -0.153. The third-order valence-corrected chi connectivity index (χ3v) is 4.49. The van der Waals surface area contributed by atoms with E-state index in [1.807, 2.05) is 42.8 Å². The quantitative estimate of drug-likeness (QED) is 0.418. The molecule has 3 aromatic rings. The van der Waals surface area contributed by atoms with Crippen molar-refractivity contribution in [2.75, 3.05) is 19.7 Å². The van der Waals surface area contributed by atoms with E-state index in [0.29, 0.717) is 25.6 Å². The Kier molecular flexibility index (Phi) is 7.38. The van der Waals surface area contributed by atoms with Gasteiger partial charge in [0.1, 0.15) is 11.4 Å². The van der Waals surface area contributed by atoms with Crippen LogP contribution in [0.5, 0.6) is 5.75 Å². The molecule has 0 saturated heterocycles. The zero-order valence-electron chi connectivity index (χ0n) is 17.5. The maximum absolute atomic E-state index is 12.2. The number of aryl methyl sites for hydroxylation is 1. The molecule has 2 heterocycles. The van der Waals surface area contributed by atoms with E-state index in [4.69, 9.17) is 4.74 Å². The first-order valence-electron chi connectivity index (χ1n) is 10.1. The molecule has 166 valence electrons. The second kappa shape index (κ2) is 10.2. The van der Waals surface area contributed by atoms with E-state index < -0.39 is 12.8 Å². The highest BCUT2D eigenvalue weighted by Crippen LogP contribution is 2.19. The van der Waals surface area contributed by atoms with Crippen molar-refractivity contribution in [1.82, 2.24) is 20.0 Å². The molecule has 0 aliphatic carbocycles. The lowest BCUT2D eigenvalue weighted by atomic mass is 10.2. The summed E-state index contributed by atoms with van der Waals surface area (Å²) in [7, 11) is 0. The van der Waals surface area contributed by atoms with Crippen molar-refractivity contribution in [3.05, 3.63) is 65.6 Å². The molecule has 0 aliphatic heterocycles. The number of aliphatic imine (C=N–C) groups is 1. The molecule has 1 aromatic carbocycles. The molecule has 2 aromatic heterocycles. The minimum atomic E-state index is -4.35. The number of fused-ring (bicyclic) bond motifs is 1. The summed E-state index contributed by atoms with van der Waals surface area (Å²) in [4.78, 5) is 9.20. The number of rotatable bonds is 8. The molecule has 0 aliphatic rings. The summed E-state index contributed by atoms with van der Waals surface area (Å²) in [6.07, 6.45) is 0.405. The number of guanidine groups is 1. The van der Waals surface area contributed by atoms with Crippen LogP contribution < -0.4 is 15.4 Å². The number of benzene rings is 1. The number of nitrogens with one attached hydrogen (secondary N) is 2. The van der Waals surface area contributed by atoms with Crippen molar-refractivity contribution in [2.24, 2.45) is 4.99 Å². The highest BCUT2D eigenvalue weighted by molar-refractivity contribution is 5.79. The van der Waals surface area contributed by atoms with E-state index in [-0.39, 0.29) is 5.75 Å². The first-order valence-corrected chi connectivity index (χ1v) is 10.1. The number of aromatic nitrogens is 2. The van der Waals surface area contributed by atoms with Crippen LogP contribution in [-0.2, 0) is 13.0 Å². The summed E-state index contributed by atoms with van der Waals surface area (Å²) < 4.78 is 43.4. The zero-order valence-corrected chi connectivity index (χ0v) is 17.5. The SMILES string of the molecule is CCNC(=NCc1ccc(OCC(F)(F)F)cc1)NCCc1cn2cccc(C)c2n1. The number of nitrogens with zero attached hydrogens (tertiary/aromatic N) is 3. The van der Waals surface area contributed by atoms with Gasteiger partial charge in [-0.15, -0.1) is 0 Å². The average Bonchev–Trinajstić information content (AvgIpc) is 3.15. The van der Waals surface area contributed by atoms with Gasteiger partial charge in [-0.05, 0) is 43.2 Å². The summed E-state index contributed by atoms with van der Waals surface area (Å²) in [5.74, 6) is 0.845. The molecule has 0 radical (unpaired) electrons. The highest BCUT2D eigenvalue weighted by atomic mass is 19.4. The van der Waals surface area contributed by atoms with Crippen molar-refractivity contribution >= 4 is 11.6 Å². The van der Waals surface area contributed by atoms with Gasteiger partial charge in [-0.2, -0.15) is 13.2 Å². The van der Waals surface area contributed by atoms with Gasteiger partial charge in [-0.3, -0.25) is 0 Å². The number of hydrogen-bond acceptors (Lipinski definition) is 3. The molecule has 0 bridgehead atoms. The predicted molar refractivity (Wildman–Crippen MR) is 114 cm³/mol. The van der Waals surface area contributed by atoms with Gasteiger partial charge >= 0.3 is 6.18 Å². The monoisotopic (exact) mass is 433 g/mol. The highest BCUT2D eigenvalue weighted by Gasteiger charge is 2.28. The third-order valence-electron chi connectivity index (χ3n) is 4.49. The Bertz CT molecular complexity index is 1010. The fraction of sp³-hybridized carbons (Fsp3) is 0.364. The number of ether oxygens (including phenoxy) is 1. The number of imidazole rings is 1. The third kappa shape index (κ3) is 6.91. The van der Waals surface area contributed by atoms with E-state index >= 15 is 0 Å². The van der Waals surface area contributed by atoms with E-state index in [0.717, 1.165) is 28.9 Å². The maximum Gasteiger partial charge on any atom is 0.422 e. The lowest BCUT2D eigenvalue weighted by Gasteiger charge is -2.11. The summed E-state index contributed by atoms with van der Waals surface area (Å²) in [6.45, 7) is 4.49. The van der Waals surface area contributed by atoms with Crippen molar-refractivity contribution in [3.63, 3.8) is 0 Å². The molecule has 31 heavy (non-hydrogen) atoms. The standard InChI is InChI=1S/C22H26F3N5O/c1-3-26-21(27-11-10-18-14-30-12-4-5-16(2)20(30)29-18)28-13-17-6-8-19(9-7-17)31-15-22(23,24)25/h4-9,12,14H,3,10-11,13,15H2,1-2H3,(H2,26,27,28). The van der Waals surface area contributed by atoms with Crippen LogP contribution in [0, 0.1) is 6.92 Å². The molecule has 6 nitrogen and oxygen atoms in total. The summed E-state index contributed by atoms with van der Waals surface area (Å²) in [5, 5.41) is 6.47. The van der Waals surface area contributed by atoms with Gasteiger partial charge in [0.25, 0.3) is 0 Å². The van der Waals surface area contributed by atoms with Crippen molar-refractivity contribution in [2.45, 2.75) is 33.0 Å². The summed E-state index contributed by atoms with van der Waals surface area (Å²) >= 11 is 0.